The van der Waals surface area contributed by atoms with Gasteiger partial charge in [-0.25, -0.2) is 0 Å². The van der Waals surface area contributed by atoms with Crippen LogP contribution in [0.25, 0.3) is 0 Å². The molecule has 2 fully saturated rings. The van der Waals surface area contributed by atoms with Crippen LogP contribution in [0.15, 0.2) is 29.3 Å². The highest BCUT2D eigenvalue weighted by molar-refractivity contribution is 5.79. The van der Waals surface area contributed by atoms with E-state index in [1.54, 1.807) is 0 Å². The van der Waals surface area contributed by atoms with Crippen molar-refractivity contribution in [3.8, 4) is 0 Å². The molecule has 1 aromatic carbocycles. The van der Waals surface area contributed by atoms with E-state index in [9.17, 15) is 0 Å². The molecule has 162 valence electrons. The van der Waals surface area contributed by atoms with Crippen molar-refractivity contribution in [2.24, 2.45) is 4.99 Å². The monoisotopic (exact) mass is 401 g/mol. The van der Waals surface area contributed by atoms with Crippen LogP contribution >= 0.6 is 0 Å². The standard InChI is InChI=1S/C23H39N5O/c1-24-23(25-11-6-14-27-12-4-2-3-5-13-27)26-19-21-7-9-22(10-8-21)20-28-15-17-29-18-16-28/h7-10H,2-6,11-20H2,1H3,(H2,24,25,26). The first-order valence-electron chi connectivity index (χ1n) is 11.4. The topological polar surface area (TPSA) is 52.1 Å². The summed E-state index contributed by atoms with van der Waals surface area (Å²) in [5.74, 6) is 0.887. The van der Waals surface area contributed by atoms with Gasteiger partial charge in [0.25, 0.3) is 0 Å². The predicted octanol–water partition coefficient (Wildman–Crippen LogP) is 2.45. The molecular weight excluding hydrogens is 362 g/mol. The number of nitrogens with zero attached hydrogens (tertiary/aromatic N) is 3. The summed E-state index contributed by atoms with van der Waals surface area (Å²) in [6.07, 6.45) is 6.69. The van der Waals surface area contributed by atoms with E-state index in [4.69, 9.17) is 4.74 Å². The summed E-state index contributed by atoms with van der Waals surface area (Å²) >= 11 is 0. The van der Waals surface area contributed by atoms with E-state index in [0.29, 0.717) is 0 Å². The fourth-order valence-corrected chi connectivity index (χ4v) is 4.06. The highest BCUT2D eigenvalue weighted by Crippen LogP contribution is 2.10. The van der Waals surface area contributed by atoms with Gasteiger partial charge in [0.05, 0.1) is 13.2 Å². The quantitative estimate of drug-likeness (QED) is 0.398. The maximum atomic E-state index is 5.42. The molecule has 2 saturated heterocycles. The smallest absolute Gasteiger partial charge is 0.191 e. The Hall–Kier alpha value is -1.63. The SMILES string of the molecule is CN=C(NCCCN1CCCCCC1)NCc1ccc(CN2CCOCC2)cc1. The Balaban J connectivity index is 1.32. The first kappa shape index (κ1) is 22.1. The van der Waals surface area contributed by atoms with Crippen molar-refractivity contribution in [2.75, 3.05) is 59.5 Å². The van der Waals surface area contributed by atoms with Crippen LogP contribution in [0.2, 0.25) is 0 Å². The minimum atomic E-state index is 0.795. The Kier molecular flexibility index (Phi) is 9.76. The Morgan fingerprint density at radius 2 is 1.59 bits per heavy atom. The third kappa shape index (κ3) is 8.33. The molecule has 1 aromatic rings. The average molecular weight is 402 g/mol. The summed E-state index contributed by atoms with van der Waals surface area (Å²) in [5, 5.41) is 6.89. The maximum Gasteiger partial charge on any atom is 0.191 e. The average Bonchev–Trinajstić information content (AvgIpc) is 3.04. The molecule has 0 amide bonds. The number of benzene rings is 1. The third-order valence-electron chi connectivity index (χ3n) is 5.86. The Bertz CT molecular complexity index is 590. The van der Waals surface area contributed by atoms with Crippen LogP contribution in [0.1, 0.15) is 43.2 Å². The number of morpholine rings is 1. The number of aliphatic imine (C=N–C) groups is 1. The third-order valence-corrected chi connectivity index (χ3v) is 5.86. The number of hydrogen-bond donors (Lipinski definition) is 2. The van der Waals surface area contributed by atoms with Gasteiger partial charge in [-0.2, -0.15) is 0 Å². The van der Waals surface area contributed by atoms with Crippen LogP contribution in [0.3, 0.4) is 0 Å². The van der Waals surface area contributed by atoms with Crippen molar-refractivity contribution in [3.63, 3.8) is 0 Å². The molecule has 29 heavy (non-hydrogen) atoms. The molecule has 2 N–H and O–H groups in total. The largest absolute Gasteiger partial charge is 0.379 e. The van der Waals surface area contributed by atoms with Crippen LogP contribution in [0.5, 0.6) is 0 Å². The highest BCUT2D eigenvalue weighted by Gasteiger charge is 2.11. The Morgan fingerprint density at radius 1 is 0.897 bits per heavy atom. The molecule has 0 unspecified atom stereocenters. The molecule has 0 radical (unpaired) electrons. The number of ether oxygens (including phenoxy) is 1. The lowest BCUT2D eigenvalue weighted by Crippen LogP contribution is -2.38. The lowest BCUT2D eigenvalue weighted by Gasteiger charge is -2.26. The number of guanidine groups is 1. The Morgan fingerprint density at radius 3 is 2.28 bits per heavy atom. The van der Waals surface area contributed by atoms with Crippen molar-refractivity contribution in [3.05, 3.63) is 35.4 Å². The van der Waals surface area contributed by atoms with Crippen molar-refractivity contribution in [2.45, 2.75) is 45.2 Å². The number of nitrogens with one attached hydrogen (secondary N) is 2. The summed E-state index contributed by atoms with van der Waals surface area (Å²) in [7, 11) is 1.84. The van der Waals surface area contributed by atoms with Gasteiger partial charge in [0.1, 0.15) is 0 Å². The second kappa shape index (κ2) is 12.8. The predicted molar refractivity (Wildman–Crippen MR) is 120 cm³/mol. The minimum absolute atomic E-state index is 0.795. The first-order chi connectivity index (χ1) is 14.3. The van der Waals surface area contributed by atoms with Crippen molar-refractivity contribution in [1.82, 2.24) is 20.4 Å². The van der Waals surface area contributed by atoms with Gasteiger partial charge in [-0.3, -0.25) is 9.89 Å². The lowest BCUT2D eigenvalue weighted by molar-refractivity contribution is 0.0342. The van der Waals surface area contributed by atoms with Gasteiger partial charge in [-0.15, -0.1) is 0 Å². The second-order valence-corrected chi connectivity index (χ2v) is 8.17. The van der Waals surface area contributed by atoms with Gasteiger partial charge in [0.15, 0.2) is 5.96 Å². The molecular formula is C23H39N5O. The normalized spacial score (nSPS) is 19.7. The lowest BCUT2D eigenvalue weighted by atomic mass is 10.1. The number of likely N-dealkylation sites (tertiary alicyclic amines) is 1. The van der Waals surface area contributed by atoms with Crippen molar-refractivity contribution in [1.29, 1.82) is 0 Å². The summed E-state index contributed by atoms with van der Waals surface area (Å²) in [6.45, 7) is 10.3. The minimum Gasteiger partial charge on any atom is -0.379 e. The molecule has 0 atom stereocenters. The van der Waals surface area contributed by atoms with Gasteiger partial charge in [0, 0.05) is 39.8 Å². The van der Waals surface area contributed by atoms with E-state index in [0.717, 1.165) is 58.3 Å². The zero-order chi connectivity index (χ0) is 20.2. The van der Waals surface area contributed by atoms with Crippen molar-refractivity contribution >= 4 is 5.96 Å². The Labute approximate surface area is 176 Å². The zero-order valence-corrected chi connectivity index (χ0v) is 18.2. The number of rotatable bonds is 8. The van der Waals surface area contributed by atoms with Gasteiger partial charge in [0.2, 0.25) is 0 Å². The summed E-state index contributed by atoms with van der Waals surface area (Å²) in [5.41, 5.74) is 2.65. The number of hydrogen-bond acceptors (Lipinski definition) is 4. The van der Waals surface area contributed by atoms with E-state index in [1.165, 1.54) is 56.4 Å². The highest BCUT2D eigenvalue weighted by atomic mass is 16.5. The fourth-order valence-electron chi connectivity index (χ4n) is 4.06. The van der Waals surface area contributed by atoms with Gasteiger partial charge < -0.3 is 20.3 Å². The molecule has 0 aliphatic carbocycles. The molecule has 0 saturated carbocycles. The summed E-state index contributed by atoms with van der Waals surface area (Å²) in [6, 6.07) is 8.92. The van der Waals surface area contributed by atoms with Crippen LogP contribution < -0.4 is 10.6 Å². The zero-order valence-electron chi connectivity index (χ0n) is 18.2. The van der Waals surface area contributed by atoms with Gasteiger partial charge in [-0.05, 0) is 50.0 Å². The maximum absolute atomic E-state index is 5.42. The molecule has 6 nitrogen and oxygen atoms in total. The van der Waals surface area contributed by atoms with Gasteiger partial charge in [-0.1, -0.05) is 37.1 Å². The molecule has 6 heteroatoms. The van der Waals surface area contributed by atoms with Crippen LogP contribution in [-0.4, -0.2) is 75.3 Å². The molecule has 2 aliphatic heterocycles. The second-order valence-electron chi connectivity index (χ2n) is 8.17. The van der Waals surface area contributed by atoms with Gasteiger partial charge >= 0.3 is 0 Å². The van der Waals surface area contributed by atoms with E-state index in [2.05, 4.69) is 49.7 Å². The van der Waals surface area contributed by atoms with Crippen LogP contribution in [0.4, 0.5) is 0 Å². The first-order valence-corrected chi connectivity index (χ1v) is 11.4. The molecule has 2 heterocycles. The molecule has 0 bridgehead atoms. The molecule has 0 spiro atoms. The molecule has 0 aromatic heterocycles. The fraction of sp³-hybridized carbons (Fsp3) is 0.696. The molecule has 3 rings (SSSR count). The van der Waals surface area contributed by atoms with E-state index in [-0.39, 0.29) is 0 Å². The van der Waals surface area contributed by atoms with Crippen LogP contribution in [0, 0.1) is 0 Å². The summed E-state index contributed by atoms with van der Waals surface area (Å²) in [4.78, 5) is 9.43. The van der Waals surface area contributed by atoms with Crippen LogP contribution in [-0.2, 0) is 17.8 Å². The molecule has 2 aliphatic rings. The van der Waals surface area contributed by atoms with E-state index < -0.39 is 0 Å². The van der Waals surface area contributed by atoms with E-state index >= 15 is 0 Å². The van der Waals surface area contributed by atoms with Crippen molar-refractivity contribution < 1.29 is 4.74 Å². The summed E-state index contributed by atoms with van der Waals surface area (Å²) < 4.78 is 5.42. The van der Waals surface area contributed by atoms with E-state index in [1.807, 2.05) is 7.05 Å².